The maximum absolute atomic E-state index is 12.9. The molecule has 1 aromatic rings. The van der Waals surface area contributed by atoms with Crippen molar-refractivity contribution in [2.24, 2.45) is 17.8 Å². The topological polar surface area (TPSA) is 12.0 Å². The molecule has 2 bridgehead atoms. The fraction of sp³-hybridized carbons (Fsp3) is 0.667. The second kappa shape index (κ2) is 7.15. The summed E-state index contributed by atoms with van der Waals surface area (Å²) in [5, 5.41) is 3.66. The van der Waals surface area contributed by atoms with Crippen molar-refractivity contribution in [1.82, 2.24) is 5.32 Å². The SMILES string of the molecule is CCNC(CSc1ccc(F)cc1)CC1CC2CCC1C2. The summed E-state index contributed by atoms with van der Waals surface area (Å²) in [6.45, 7) is 3.23. The number of rotatable bonds is 7. The third-order valence-corrected chi connectivity index (χ3v) is 6.40. The van der Waals surface area contributed by atoms with Gasteiger partial charge < -0.3 is 5.32 Å². The Kier molecular flexibility index (Phi) is 5.23. The molecule has 1 nitrogen and oxygen atoms in total. The number of hydrogen-bond donors (Lipinski definition) is 1. The Bertz CT molecular complexity index is 447. The van der Waals surface area contributed by atoms with Crippen LogP contribution in [-0.2, 0) is 0 Å². The number of nitrogens with one attached hydrogen (secondary N) is 1. The summed E-state index contributed by atoms with van der Waals surface area (Å²) in [7, 11) is 0. The van der Waals surface area contributed by atoms with Crippen LogP contribution < -0.4 is 5.32 Å². The second-order valence-corrected chi connectivity index (χ2v) is 7.78. The summed E-state index contributed by atoms with van der Waals surface area (Å²) in [5.41, 5.74) is 0. The molecule has 3 rings (SSSR count). The highest BCUT2D eigenvalue weighted by molar-refractivity contribution is 7.99. The molecule has 1 N–H and O–H groups in total. The number of halogens is 1. The van der Waals surface area contributed by atoms with E-state index in [1.165, 1.54) is 37.0 Å². The summed E-state index contributed by atoms with van der Waals surface area (Å²) < 4.78 is 12.9. The second-order valence-electron chi connectivity index (χ2n) is 6.69. The van der Waals surface area contributed by atoms with E-state index < -0.39 is 0 Å². The van der Waals surface area contributed by atoms with Crippen molar-refractivity contribution in [3.63, 3.8) is 0 Å². The molecular weight excluding hydrogens is 281 g/mol. The Morgan fingerprint density at radius 2 is 2.05 bits per heavy atom. The van der Waals surface area contributed by atoms with Crippen LogP contribution in [0.4, 0.5) is 4.39 Å². The molecule has 0 spiro atoms. The lowest BCUT2D eigenvalue weighted by atomic mass is 9.84. The maximum Gasteiger partial charge on any atom is 0.123 e. The van der Waals surface area contributed by atoms with Crippen LogP contribution in [0, 0.1) is 23.6 Å². The number of benzene rings is 1. The minimum absolute atomic E-state index is 0.149. The van der Waals surface area contributed by atoms with Crippen molar-refractivity contribution in [2.75, 3.05) is 12.3 Å². The molecule has 2 saturated carbocycles. The van der Waals surface area contributed by atoms with E-state index in [9.17, 15) is 4.39 Å². The van der Waals surface area contributed by atoms with Gasteiger partial charge in [0.25, 0.3) is 0 Å². The zero-order chi connectivity index (χ0) is 14.7. The first kappa shape index (κ1) is 15.4. The molecule has 1 aromatic carbocycles. The molecule has 4 atom stereocenters. The van der Waals surface area contributed by atoms with Gasteiger partial charge in [-0.15, -0.1) is 11.8 Å². The van der Waals surface area contributed by atoms with Crippen molar-refractivity contribution in [3.05, 3.63) is 30.1 Å². The molecular formula is C18H26FNS. The highest BCUT2D eigenvalue weighted by Gasteiger charge is 2.39. The molecule has 4 unspecified atom stereocenters. The van der Waals surface area contributed by atoms with E-state index in [-0.39, 0.29) is 5.82 Å². The average Bonchev–Trinajstić information content (AvgIpc) is 3.09. The lowest BCUT2D eigenvalue weighted by Gasteiger charge is -2.27. The van der Waals surface area contributed by atoms with E-state index >= 15 is 0 Å². The van der Waals surface area contributed by atoms with Crippen LogP contribution in [0.15, 0.2) is 29.2 Å². The van der Waals surface area contributed by atoms with Gasteiger partial charge in [0.1, 0.15) is 5.82 Å². The van der Waals surface area contributed by atoms with E-state index in [1.807, 2.05) is 23.9 Å². The summed E-state index contributed by atoms with van der Waals surface area (Å²) in [6.07, 6.45) is 7.24. The molecule has 0 saturated heterocycles. The van der Waals surface area contributed by atoms with E-state index in [0.717, 1.165) is 30.1 Å². The van der Waals surface area contributed by atoms with Gasteiger partial charge in [0.2, 0.25) is 0 Å². The van der Waals surface area contributed by atoms with Gasteiger partial charge in [-0.3, -0.25) is 0 Å². The summed E-state index contributed by atoms with van der Waals surface area (Å²) in [5.74, 6) is 3.93. The summed E-state index contributed by atoms with van der Waals surface area (Å²) in [6, 6.07) is 7.48. The number of hydrogen-bond acceptors (Lipinski definition) is 2. The highest BCUT2D eigenvalue weighted by atomic mass is 32.2. The summed E-state index contributed by atoms with van der Waals surface area (Å²) >= 11 is 1.85. The number of fused-ring (bicyclic) bond motifs is 2. The predicted octanol–water partition coefficient (Wildman–Crippen LogP) is 4.72. The summed E-state index contributed by atoms with van der Waals surface area (Å²) in [4.78, 5) is 1.17. The Balaban J connectivity index is 1.51. The highest BCUT2D eigenvalue weighted by Crippen LogP contribution is 2.50. The third-order valence-electron chi connectivity index (χ3n) is 5.23. The van der Waals surface area contributed by atoms with Crippen molar-refractivity contribution in [1.29, 1.82) is 0 Å². The predicted molar refractivity (Wildman–Crippen MR) is 88.1 cm³/mol. The fourth-order valence-electron chi connectivity index (χ4n) is 4.26. The van der Waals surface area contributed by atoms with E-state index in [4.69, 9.17) is 0 Å². The normalized spacial score (nSPS) is 29.0. The first-order valence-electron chi connectivity index (χ1n) is 8.36. The van der Waals surface area contributed by atoms with E-state index in [2.05, 4.69) is 12.2 Å². The van der Waals surface area contributed by atoms with Crippen LogP contribution >= 0.6 is 11.8 Å². The van der Waals surface area contributed by atoms with Gasteiger partial charge in [0, 0.05) is 16.7 Å². The lowest BCUT2D eigenvalue weighted by molar-refractivity contribution is 0.287. The first-order chi connectivity index (χ1) is 10.2. The average molecular weight is 307 g/mol. The molecule has 0 amide bonds. The van der Waals surface area contributed by atoms with Gasteiger partial charge >= 0.3 is 0 Å². The monoisotopic (exact) mass is 307 g/mol. The first-order valence-corrected chi connectivity index (χ1v) is 9.35. The molecule has 0 heterocycles. The van der Waals surface area contributed by atoms with Gasteiger partial charge in [-0.1, -0.05) is 13.3 Å². The molecule has 2 fully saturated rings. The van der Waals surface area contributed by atoms with Crippen LogP contribution in [0.25, 0.3) is 0 Å². The van der Waals surface area contributed by atoms with Gasteiger partial charge in [0.05, 0.1) is 0 Å². The standard InChI is InChI=1S/C18H26FNS/c1-2-20-17(11-15-10-13-3-4-14(15)9-13)12-21-18-7-5-16(19)6-8-18/h5-8,13-15,17,20H,2-4,9-12H2,1H3. The Labute approximate surface area is 132 Å². The van der Waals surface area contributed by atoms with Crippen molar-refractivity contribution in [3.8, 4) is 0 Å². The Morgan fingerprint density at radius 3 is 2.67 bits per heavy atom. The molecule has 0 radical (unpaired) electrons. The Morgan fingerprint density at radius 1 is 1.24 bits per heavy atom. The molecule has 3 heteroatoms. The fourth-order valence-corrected chi connectivity index (χ4v) is 5.23. The van der Waals surface area contributed by atoms with Gasteiger partial charge in [-0.2, -0.15) is 0 Å². The maximum atomic E-state index is 12.9. The van der Waals surface area contributed by atoms with Crippen molar-refractivity contribution < 1.29 is 4.39 Å². The van der Waals surface area contributed by atoms with Crippen LogP contribution in [0.3, 0.4) is 0 Å². The molecule has 21 heavy (non-hydrogen) atoms. The van der Waals surface area contributed by atoms with Crippen LogP contribution in [-0.4, -0.2) is 18.3 Å². The molecule has 0 aliphatic heterocycles. The van der Waals surface area contributed by atoms with Gasteiger partial charge in [-0.05, 0) is 74.2 Å². The zero-order valence-electron chi connectivity index (χ0n) is 12.9. The largest absolute Gasteiger partial charge is 0.313 e. The smallest absolute Gasteiger partial charge is 0.123 e. The van der Waals surface area contributed by atoms with E-state index in [1.54, 1.807) is 12.1 Å². The lowest BCUT2D eigenvalue weighted by Crippen LogP contribution is -2.34. The number of thioether (sulfide) groups is 1. The molecule has 116 valence electrons. The third kappa shape index (κ3) is 4.01. The Hall–Kier alpha value is -0.540. The van der Waals surface area contributed by atoms with Crippen molar-refractivity contribution >= 4 is 11.8 Å². The molecule has 2 aliphatic carbocycles. The van der Waals surface area contributed by atoms with Crippen LogP contribution in [0.2, 0.25) is 0 Å². The quantitative estimate of drug-likeness (QED) is 0.731. The zero-order valence-corrected chi connectivity index (χ0v) is 13.7. The molecule has 2 aliphatic rings. The molecule has 0 aromatic heterocycles. The van der Waals surface area contributed by atoms with Gasteiger partial charge in [0.15, 0.2) is 0 Å². The minimum atomic E-state index is -0.149. The van der Waals surface area contributed by atoms with E-state index in [0.29, 0.717) is 6.04 Å². The van der Waals surface area contributed by atoms with Gasteiger partial charge in [-0.25, -0.2) is 4.39 Å². The minimum Gasteiger partial charge on any atom is -0.313 e. The van der Waals surface area contributed by atoms with Crippen LogP contribution in [0.5, 0.6) is 0 Å². The van der Waals surface area contributed by atoms with Crippen LogP contribution in [0.1, 0.15) is 39.0 Å². The van der Waals surface area contributed by atoms with Crippen molar-refractivity contribution in [2.45, 2.75) is 50.0 Å².